The maximum atomic E-state index is 12.1. The van der Waals surface area contributed by atoms with Gasteiger partial charge in [0.1, 0.15) is 0 Å². The van der Waals surface area contributed by atoms with Crippen LogP contribution in [-0.2, 0) is 14.3 Å². The number of ether oxygens (including phenoxy) is 2. The van der Waals surface area contributed by atoms with Crippen LogP contribution in [0, 0.1) is 45.3 Å². The van der Waals surface area contributed by atoms with Crippen molar-refractivity contribution in [1.29, 1.82) is 0 Å². The number of rotatable bonds is 2. The standard InChI is InChI=1S/C27H42O4/c1-24(2)20-8-7-19-18(25(20,3)12-11-21(24)28)10-14-26(4)17(9-13-27(19,26)5)16-15-22(29)31-23(16)30-6/h7,16-18,20-21,23,28H,8-15H2,1-6H3/t16-,17-,18-,20-,21+,23-,25+,26-,27+/m0/s1. The molecule has 4 fully saturated rings. The molecule has 1 heterocycles. The van der Waals surface area contributed by atoms with Crippen molar-refractivity contribution in [3.63, 3.8) is 0 Å². The van der Waals surface area contributed by atoms with Gasteiger partial charge in [-0.3, -0.25) is 4.79 Å². The quantitative estimate of drug-likeness (QED) is 0.465. The number of allylic oxidation sites excluding steroid dienone is 2. The molecule has 9 atom stereocenters. The largest absolute Gasteiger partial charge is 0.435 e. The van der Waals surface area contributed by atoms with E-state index in [1.807, 2.05) is 0 Å². The Balaban J connectivity index is 1.51. The number of esters is 1. The minimum atomic E-state index is -0.378. The molecule has 0 aromatic carbocycles. The fourth-order valence-corrected chi connectivity index (χ4v) is 9.54. The van der Waals surface area contributed by atoms with Crippen LogP contribution in [0.4, 0.5) is 0 Å². The molecule has 4 nitrogen and oxygen atoms in total. The number of carbonyl (C=O) groups excluding carboxylic acids is 1. The molecule has 0 radical (unpaired) electrons. The molecule has 1 N–H and O–H groups in total. The van der Waals surface area contributed by atoms with Gasteiger partial charge in [0, 0.05) is 13.0 Å². The molecule has 0 bridgehead atoms. The molecule has 31 heavy (non-hydrogen) atoms. The first-order valence-electron chi connectivity index (χ1n) is 12.6. The van der Waals surface area contributed by atoms with Crippen LogP contribution >= 0.6 is 0 Å². The molecule has 0 aromatic rings. The molecule has 0 aromatic heterocycles. The van der Waals surface area contributed by atoms with Gasteiger partial charge in [-0.15, -0.1) is 0 Å². The summed E-state index contributed by atoms with van der Waals surface area (Å²) < 4.78 is 11.1. The molecular weight excluding hydrogens is 388 g/mol. The Hall–Kier alpha value is -0.870. The van der Waals surface area contributed by atoms with Gasteiger partial charge in [-0.1, -0.05) is 46.3 Å². The first kappa shape index (κ1) is 21.9. The summed E-state index contributed by atoms with van der Waals surface area (Å²) in [6.45, 7) is 12.1. The van der Waals surface area contributed by atoms with Crippen molar-refractivity contribution >= 4 is 5.97 Å². The second-order valence-corrected chi connectivity index (χ2v) is 12.8. The van der Waals surface area contributed by atoms with Gasteiger partial charge < -0.3 is 14.6 Å². The van der Waals surface area contributed by atoms with Crippen molar-refractivity contribution < 1.29 is 19.4 Å². The van der Waals surface area contributed by atoms with Gasteiger partial charge in [-0.25, -0.2) is 0 Å². The van der Waals surface area contributed by atoms with Crippen LogP contribution in [0.5, 0.6) is 0 Å². The summed E-state index contributed by atoms with van der Waals surface area (Å²) in [6.07, 6.45) is 10.5. The SMILES string of the molecule is CO[C@H]1OC(=O)C[C@H]1[C@@H]1CC[C@]2(C)C3=CC[C@H]4C(C)(C)[C@H](O)CC[C@]4(C)[C@H]3CC[C@@]12C. The molecule has 4 aliphatic carbocycles. The molecule has 1 saturated heterocycles. The van der Waals surface area contributed by atoms with E-state index in [9.17, 15) is 9.90 Å². The van der Waals surface area contributed by atoms with E-state index in [0.29, 0.717) is 24.2 Å². The zero-order chi connectivity index (χ0) is 22.4. The Kier molecular flexibility index (Phi) is 4.83. The smallest absolute Gasteiger partial charge is 0.308 e. The third-order valence-electron chi connectivity index (χ3n) is 11.6. The highest BCUT2D eigenvalue weighted by atomic mass is 16.7. The number of hydrogen-bond donors (Lipinski definition) is 1. The Morgan fingerprint density at radius 1 is 1.06 bits per heavy atom. The van der Waals surface area contributed by atoms with Crippen LogP contribution in [0.1, 0.15) is 86.0 Å². The monoisotopic (exact) mass is 430 g/mol. The summed E-state index contributed by atoms with van der Waals surface area (Å²) in [5, 5.41) is 10.8. The highest BCUT2D eigenvalue weighted by Crippen LogP contribution is 2.73. The fourth-order valence-electron chi connectivity index (χ4n) is 9.54. The maximum Gasteiger partial charge on any atom is 0.308 e. The van der Waals surface area contributed by atoms with E-state index in [0.717, 1.165) is 25.7 Å². The lowest BCUT2D eigenvalue weighted by Crippen LogP contribution is -2.58. The molecule has 0 amide bonds. The molecule has 1 aliphatic heterocycles. The Labute approximate surface area is 188 Å². The van der Waals surface area contributed by atoms with Crippen molar-refractivity contribution in [3.8, 4) is 0 Å². The zero-order valence-electron chi connectivity index (χ0n) is 20.4. The normalized spacial score (nSPS) is 53.3. The number of methoxy groups -OCH3 is 1. The molecule has 5 rings (SSSR count). The maximum absolute atomic E-state index is 12.1. The van der Waals surface area contributed by atoms with Crippen LogP contribution in [0.2, 0.25) is 0 Å². The molecule has 0 spiro atoms. The third kappa shape index (κ3) is 2.70. The van der Waals surface area contributed by atoms with Crippen LogP contribution in [0.25, 0.3) is 0 Å². The number of aliphatic hydroxyl groups is 1. The molecular formula is C27H42O4. The Bertz CT molecular complexity index is 801. The third-order valence-corrected chi connectivity index (χ3v) is 11.6. The van der Waals surface area contributed by atoms with Gasteiger partial charge >= 0.3 is 5.97 Å². The lowest BCUT2D eigenvalue weighted by atomic mass is 9.41. The summed E-state index contributed by atoms with van der Waals surface area (Å²) in [6, 6.07) is 0. The summed E-state index contributed by atoms with van der Waals surface area (Å²) in [5.41, 5.74) is 2.31. The van der Waals surface area contributed by atoms with Crippen LogP contribution < -0.4 is 0 Å². The van der Waals surface area contributed by atoms with Crippen LogP contribution in [-0.4, -0.2) is 30.6 Å². The molecule has 5 aliphatic rings. The van der Waals surface area contributed by atoms with Gasteiger partial charge in [0.05, 0.1) is 12.5 Å². The lowest BCUT2D eigenvalue weighted by molar-refractivity contribution is -0.167. The van der Waals surface area contributed by atoms with Gasteiger partial charge in [0.25, 0.3) is 0 Å². The lowest BCUT2D eigenvalue weighted by Gasteiger charge is -2.64. The van der Waals surface area contributed by atoms with E-state index in [1.165, 1.54) is 19.3 Å². The molecule has 3 saturated carbocycles. The second-order valence-electron chi connectivity index (χ2n) is 12.8. The van der Waals surface area contributed by atoms with Gasteiger partial charge in [-0.2, -0.15) is 0 Å². The molecule has 174 valence electrons. The number of hydrogen-bond acceptors (Lipinski definition) is 4. The van der Waals surface area contributed by atoms with Crippen molar-refractivity contribution in [3.05, 3.63) is 11.6 Å². The first-order valence-corrected chi connectivity index (χ1v) is 12.6. The van der Waals surface area contributed by atoms with E-state index in [-0.39, 0.29) is 45.9 Å². The minimum Gasteiger partial charge on any atom is -0.435 e. The first-order chi connectivity index (χ1) is 14.5. The number of cyclic esters (lactones) is 1. The van der Waals surface area contributed by atoms with E-state index >= 15 is 0 Å². The van der Waals surface area contributed by atoms with Crippen LogP contribution in [0.3, 0.4) is 0 Å². The van der Waals surface area contributed by atoms with E-state index < -0.39 is 0 Å². The minimum absolute atomic E-state index is 0.0257. The van der Waals surface area contributed by atoms with Crippen LogP contribution in [0.15, 0.2) is 11.6 Å². The Morgan fingerprint density at radius 3 is 2.52 bits per heavy atom. The van der Waals surface area contributed by atoms with Crippen molar-refractivity contribution in [2.45, 2.75) is 98.4 Å². The second kappa shape index (κ2) is 6.82. The van der Waals surface area contributed by atoms with Gasteiger partial charge in [-0.05, 0) is 84.4 Å². The predicted octanol–water partition coefficient (Wildman–Crippen LogP) is 5.49. The molecule has 0 unspecified atom stereocenters. The van der Waals surface area contributed by atoms with Crippen molar-refractivity contribution in [1.82, 2.24) is 0 Å². The van der Waals surface area contributed by atoms with E-state index in [1.54, 1.807) is 12.7 Å². The number of aliphatic hydroxyl groups excluding tert-OH is 1. The summed E-state index contributed by atoms with van der Waals surface area (Å²) in [7, 11) is 1.67. The van der Waals surface area contributed by atoms with Gasteiger partial charge in [0.15, 0.2) is 0 Å². The average molecular weight is 431 g/mol. The highest BCUT2D eigenvalue weighted by Gasteiger charge is 2.66. The van der Waals surface area contributed by atoms with Gasteiger partial charge in [0.2, 0.25) is 6.29 Å². The summed E-state index contributed by atoms with van der Waals surface area (Å²) in [5.74, 6) is 1.71. The Morgan fingerprint density at radius 2 is 1.81 bits per heavy atom. The van der Waals surface area contributed by atoms with E-state index in [4.69, 9.17) is 9.47 Å². The number of fused-ring (bicyclic) bond motifs is 5. The zero-order valence-corrected chi connectivity index (χ0v) is 20.4. The van der Waals surface area contributed by atoms with E-state index in [2.05, 4.69) is 40.7 Å². The predicted molar refractivity (Wildman–Crippen MR) is 120 cm³/mol. The fraction of sp³-hybridized carbons (Fsp3) is 0.889. The summed E-state index contributed by atoms with van der Waals surface area (Å²) >= 11 is 0. The summed E-state index contributed by atoms with van der Waals surface area (Å²) in [4.78, 5) is 12.1. The topological polar surface area (TPSA) is 55.8 Å². The average Bonchev–Trinajstić information content (AvgIpc) is 3.21. The van der Waals surface area contributed by atoms with Crippen molar-refractivity contribution in [2.75, 3.05) is 7.11 Å². The molecule has 4 heteroatoms. The van der Waals surface area contributed by atoms with Crippen molar-refractivity contribution in [2.24, 2.45) is 45.3 Å². The number of carbonyl (C=O) groups is 1. The highest BCUT2D eigenvalue weighted by molar-refractivity contribution is 5.72.